The van der Waals surface area contributed by atoms with Crippen molar-refractivity contribution in [3.8, 4) is 17.3 Å². The Morgan fingerprint density at radius 2 is 1.96 bits per heavy atom. The van der Waals surface area contributed by atoms with Crippen molar-refractivity contribution in [1.82, 2.24) is 10.3 Å². The molecule has 0 saturated carbocycles. The van der Waals surface area contributed by atoms with Gasteiger partial charge in [0.2, 0.25) is 5.91 Å². The molecular formula is C23H27N3O. The number of pyridine rings is 1. The average molecular weight is 361 g/mol. The summed E-state index contributed by atoms with van der Waals surface area (Å²) < 4.78 is 0. The smallest absolute Gasteiger partial charge is 0.223 e. The van der Waals surface area contributed by atoms with E-state index in [9.17, 15) is 10.1 Å². The van der Waals surface area contributed by atoms with Gasteiger partial charge in [0.25, 0.3) is 0 Å². The number of nitrogens with one attached hydrogen (secondary N) is 1. The SMILES string of the molecule is CCCC/C(NC(=O)CC)=C(\C)Cc1ccc(-c2ccccc2C#N)nc1. The van der Waals surface area contributed by atoms with Crippen LogP contribution in [0.25, 0.3) is 11.3 Å². The molecule has 1 aromatic heterocycles. The number of hydrogen-bond acceptors (Lipinski definition) is 3. The Bertz CT molecular complexity index is 845. The summed E-state index contributed by atoms with van der Waals surface area (Å²) in [6, 6.07) is 13.7. The molecule has 4 heteroatoms. The molecule has 0 saturated heterocycles. The number of benzene rings is 1. The molecule has 0 fully saturated rings. The van der Waals surface area contributed by atoms with E-state index in [1.54, 1.807) is 6.07 Å². The van der Waals surface area contributed by atoms with Gasteiger partial charge in [0.1, 0.15) is 0 Å². The fourth-order valence-corrected chi connectivity index (χ4v) is 2.90. The normalized spacial score (nSPS) is 11.5. The molecule has 140 valence electrons. The van der Waals surface area contributed by atoms with E-state index in [1.165, 1.54) is 0 Å². The maximum Gasteiger partial charge on any atom is 0.223 e. The van der Waals surface area contributed by atoms with Gasteiger partial charge in [0.15, 0.2) is 0 Å². The van der Waals surface area contributed by atoms with Crippen LogP contribution in [0.4, 0.5) is 0 Å². The van der Waals surface area contributed by atoms with Gasteiger partial charge >= 0.3 is 0 Å². The zero-order chi connectivity index (χ0) is 19.6. The lowest BCUT2D eigenvalue weighted by Gasteiger charge is -2.14. The maximum atomic E-state index is 11.8. The number of unbranched alkanes of at least 4 members (excludes halogenated alkanes) is 1. The van der Waals surface area contributed by atoms with Gasteiger partial charge in [-0.15, -0.1) is 0 Å². The van der Waals surface area contributed by atoms with Crippen LogP contribution in [0.2, 0.25) is 0 Å². The molecular weight excluding hydrogens is 334 g/mol. The summed E-state index contributed by atoms with van der Waals surface area (Å²) in [5.74, 6) is 0.0574. The number of aromatic nitrogens is 1. The number of carbonyl (C=O) groups is 1. The van der Waals surface area contributed by atoms with E-state index >= 15 is 0 Å². The highest BCUT2D eigenvalue weighted by Gasteiger charge is 2.09. The minimum Gasteiger partial charge on any atom is -0.330 e. The maximum absolute atomic E-state index is 11.8. The van der Waals surface area contributed by atoms with Crippen LogP contribution in [0.5, 0.6) is 0 Å². The standard InChI is InChI=1S/C23H27N3O/c1-4-6-11-21(26-23(27)5-2)17(3)14-18-12-13-22(25-16-18)20-10-8-7-9-19(20)15-24/h7-10,12-13,16H,4-6,11,14H2,1-3H3,(H,26,27)/b21-17-. The molecule has 0 radical (unpaired) electrons. The van der Waals surface area contributed by atoms with Crippen molar-refractivity contribution in [2.45, 2.75) is 52.9 Å². The summed E-state index contributed by atoms with van der Waals surface area (Å²) in [7, 11) is 0. The molecule has 0 spiro atoms. The second-order valence-corrected chi connectivity index (χ2v) is 6.65. The molecule has 1 N–H and O–H groups in total. The third-order valence-electron chi connectivity index (χ3n) is 4.52. The van der Waals surface area contributed by atoms with Crippen molar-refractivity contribution in [2.75, 3.05) is 0 Å². The largest absolute Gasteiger partial charge is 0.330 e. The molecule has 0 aliphatic rings. The van der Waals surface area contributed by atoms with E-state index in [4.69, 9.17) is 0 Å². The zero-order valence-corrected chi connectivity index (χ0v) is 16.4. The monoisotopic (exact) mass is 361 g/mol. The number of amides is 1. The summed E-state index contributed by atoms with van der Waals surface area (Å²) in [6.07, 6.45) is 6.11. The van der Waals surface area contributed by atoms with Crippen LogP contribution in [0, 0.1) is 11.3 Å². The summed E-state index contributed by atoms with van der Waals surface area (Å²) in [6.45, 7) is 6.08. The van der Waals surface area contributed by atoms with Gasteiger partial charge in [-0.2, -0.15) is 5.26 Å². The van der Waals surface area contributed by atoms with Crippen LogP contribution in [0.3, 0.4) is 0 Å². The predicted octanol–water partition coefficient (Wildman–Crippen LogP) is 5.15. The summed E-state index contributed by atoms with van der Waals surface area (Å²) >= 11 is 0. The molecule has 4 nitrogen and oxygen atoms in total. The first-order chi connectivity index (χ1) is 13.1. The Hall–Kier alpha value is -2.93. The van der Waals surface area contributed by atoms with Crippen LogP contribution in [-0.2, 0) is 11.2 Å². The van der Waals surface area contributed by atoms with Gasteiger partial charge in [-0.1, -0.05) is 44.5 Å². The number of rotatable bonds is 8. The van der Waals surface area contributed by atoms with Gasteiger partial charge in [-0.05, 0) is 49.5 Å². The molecule has 0 atom stereocenters. The Kier molecular flexibility index (Phi) is 7.76. The first-order valence-electron chi connectivity index (χ1n) is 9.51. The first kappa shape index (κ1) is 20.4. The minimum atomic E-state index is 0.0574. The molecule has 0 unspecified atom stereocenters. The van der Waals surface area contributed by atoms with E-state index in [0.717, 1.165) is 53.8 Å². The van der Waals surface area contributed by atoms with E-state index in [2.05, 4.69) is 30.2 Å². The number of carbonyl (C=O) groups excluding carboxylic acids is 1. The first-order valence-corrected chi connectivity index (χ1v) is 9.51. The number of nitriles is 1. The molecule has 0 aliphatic heterocycles. The summed E-state index contributed by atoms with van der Waals surface area (Å²) in [5.41, 5.74) is 5.55. The van der Waals surface area contributed by atoms with Crippen molar-refractivity contribution in [3.05, 3.63) is 65.0 Å². The number of hydrogen-bond donors (Lipinski definition) is 1. The summed E-state index contributed by atoms with van der Waals surface area (Å²) in [5, 5.41) is 12.3. The molecule has 0 aliphatic carbocycles. The van der Waals surface area contributed by atoms with E-state index in [1.807, 2.05) is 43.5 Å². The molecule has 2 aromatic rings. The van der Waals surface area contributed by atoms with Crippen LogP contribution in [0.1, 0.15) is 57.6 Å². The lowest BCUT2D eigenvalue weighted by Crippen LogP contribution is -2.23. The number of allylic oxidation sites excluding steroid dienone is 2. The topological polar surface area (TPSA) is 65.8 Å². The third kappa shape index (κ3) is 5.79. The Morgan fingerprint density at radius 3 is 2.59 bits per heavy atom. The fraction of sp³-hybridized carbons (Fsp3) is 0.348. The highest BCUT2D eigenvalue weighted by Crippen LogP contribution is 2.22. The lowest BCUT2D eigenvalue weighted by molar-refractivity contribution is -0.120. The zero-order valence-electron chi connectivity index (χ0n) is 16.4. The van der Waals surface area contributed by atoms with Gasteiger partial charge in [-0.3, -0.25) is 9.78 Å². The minimum absolute atomic E-state index is 0.0574. The average Bonchev–Trinajstić information content (AvgIpc) is 2.71. The molecule has 2 rings (SSSR count). The van der Waals surface area contributed by atoms with Crippen molar-refractivity contribution in [2.24, 2.45) is 0 Å². The predicted molar refractivity (Wildman–Crippen MR) is 109 cm³/mol. The van der Waals surface area contributed by atoms with Crippen molar-refractivity contribution >= 4 is 5.91 Å². The second-order valence-electron chi connectivity index (χ2n) is 6.65. The Balaban J connectivity index is 2.20. The Labute approximate surface area is 162 Å². The molecule has 27 heavy (non-hydrogen) atoms. The van der Waals surface area contributed by atoms with Crippen LogP contribution >= 0.6 is 0 Å². The van der Waals surface area contributed by atoms with E-state index in [-0.39, 0.29) is 5.91 Å². The van der Waals surface area contributed by atoms with Crippen LogP contribution < -0.4 is 5.32 Å². The molecule has 1 heterocycles. The quantitative estimate of drug-likeness (QED) is 0.707. The van der Waals surface area contributed by atoms with Crippen LogP contribution in [-0.4, -0.2) is 10.9 Å². The lowest BCUT2D eigenvalue weighted by atomic mass is 10.0. The van der Waals surface area contributed by atoms with Gasteiger partial charge in [0, 0.05) is 23.9 Å². The van der Waals surface area contributed by atoms with Crippen molar-refractivity contribution < 1.29 is 4.79 Å². The highest BCUT2D eigenvalue weighted by molar-refractivity contribution is 5.77. The van der Waals surface area contributed by atoms with Crippen molar-refractivity contribution in [1.29, 1.82) is 5.26 Å². The summed E-state index contributed by atoms with van der Waals surface area (Å²) in [4.78, 5) is 16.4. The molecule has 1 amide bonds. The highest BCUT2D eigenvalue weighted by atomic mass is 16.1. The van der Waals surface area contributed by atoms with Crippen LogP contribution in [0.15, 0.2) is 53.9 Å². The fourth-order valence-electron chi connectivity index (χ4n) is 2.90. The van der Waals surface area contributed by atoms with E-state index < -0.39 is 0 Å². The van der Waals surface area contributed by atoms with Crippen molar-refractivity contribution in [3.63, 3.8) is 0 Å². The van der Waals surface area contributed by atoms with Gasteiger partial charge < -0.3 is 5.32 Å². The van der Waals surface area contributed by atoms with Gasteiger partial charge in [-0.25, -0.2) is 0 Å². The number of nitrogens with zero attached hydrogens (tertiary/aromatic N) is 2. The molecule has 0 bridgehead atoms. The van der Waals surface area contributed by atoms with E-state index in [0.29, 0.717) is 12.0 Å². The third-order valence-corrected chi connectivity index (χ3v) is 4.52. The second kappa shape index (κ2) is 10.3. The Morgan fingerprint density at radius 1 is 1.19 bits per heavy atom. The van der Waals surface area contributed by atoms with Gasteiger partial charge in [0.05, 0.1) is 17.3 Å². The molecule has 1 aromatic carbocycles.